The van der Waals surface area contributed by atoms with Crippen molar-refractivity contribution in [1.29, 1.82) is 0 Å². The monoisotopic (exact) mass is 486 g/mol. The SMILES string of the molecule is C/C=C(\C)C(=O)O[C@@H]1[C@@H](C)[C@]2(O)[C@@H]3C=C(C)C(=O)[C@H]3CC(CO)=C[C@H]2[C@@H]2C(C)(C)[C@]12OCC(C)C. The van der Waals surface area contributed by atoms with Gasteiger partial charge in [-0.2, -0.15) is 0 Å². The molecule has 0 unspecified atom stereocenters. The highest BCUT2D eigenvalue weighted by atomic mass is 16.6. The van der Waals surface area contributed by atoms with E-state index in [1.165, 1.54) is 0 Å². The van der Waals surface area contributed by atoms with Crippen LogP contribution in [0.1, 0.15) is 61.8 Å². The lowest BCUT2D eigenvalue weighted by Crippen LogP contribution is -2.63. The van der Waals surface area contributed by atoms with E-state index in [4.69, 9.17) is 9.47 Å². The maximum Gasteiger partial charge on any atom is 0.333 e. The standard InChI is InChI=1S/C29H42O6/c1-9-16(4)26(32)35-25-18(6)28(33)21-10-17(5)23(31)20(21)11-19(13-30)12-22(28)24-27(7,8)29(24,25)34-14-15(2)3/h9-10,12,15,18,20-22,24-25,30,33H,11,13-14H2,1-8H3/b16-9+/t18-,20+,21-,22+,24-,25-,28+,29-/m1/s1. The lowest BCUT2D eigenvalue weighted by atomic mass is 9.59. The predicted octanol–water partition coefficient (Wildman–Crippen LogP) is 4.01. The van der Waals surface area contributed by atoms with E-state index < -0.39 is 46.4 Å². The Kier molecular flexibility index (Phi) is 6.52. The molecular formula is C29H42O6. The number of aliphatic hydroxyl groups is 2. The molecular weight excluding hydrogens is 444 g/mol. The number of esters is 1. The van der Waals surface area contributed by atoms with Gasteiger partial charge in [-0.15, -0.1) is 0 Å². The zero-order valence-electron chi connectivity index (χ0n) is 22.4. The predicted molar refractivity (Wildman–Crippen MR) is 133 cm³/mol. The average molecular weight is 487 g/mol. The van der Waals surface area contributed by atoms with Gasteiger partial charge >= 0.3 is 5.97 Å². The molecule has 8 atom stereocenters. The molecule has 4 aliphatic rings. The Bertz CT molecular complexity index is 1000. The first kappa shape index (κ1) is 26.3. The molecule has 4 rings (SSSR count). The molecule has 2 fully saturated rings. The van der Waals surface area contributed by atoms with Crippen LogP contribution in [0.25, 0.3) is 0 Å². The normalized spacial score (nSPS) is 41.9. The quantitative estimate of drug-likeness (QED) is 0.335. The summed E-state index contributed by atoms with van der Waals surface area (Å²) in [7, 11) is 0. The highest BCUT2D eigenvalue weighted by molar-refractivity contribution is 6.00. The highest BCUT2D eigenvalue weighted by Gasteiger charge is 2.85. The minimum Gasteiger partial charge on any atom is -0.456 e. The molecule has 0 aromatic carbocycles. The molecule has 6 heteroatoms. The Hall–Kier alpha value is -1.76. The van der Waals surface area contributed by atoms with Crippen LogP contribution in [0.5, 0.6) is 0 Å². The molecule has 0 bridgehead atoms. The van der Waals surface area contributed by atoms with Crippen LogP contribution in [0, 0.1) is 40.9 Å². The second-order valence-corrected chi connectivity index (χ2v) is 12.2. The first-order chi connectivity index (χ1) is 16.3. The third-order valence-electron chi connectivity index (χ3n) is 9.53. The van der Waals surface area contributed by atoms with Crippen molar-refractivity contribution in [2.45, 2.75) is 79.1 Å². The van der Waals surface area contributed by atoms with Gasteiger partial charge in [0.15, 0.2) is 5.78 Å². The number of aliphatic hydroxyl groups excluding tert-OH is 1. The van der Waals surface area contributed by atoms with Crippen molar-refractivity contribution in [3.8, 4) is 0 Å². The van der Waals surface area contributed by atoms with Crippen LogP contribution in [0.2, 0.25) is 0 Å². The van der Waals surface area contributed by atoms with Crippen LogP contribution in [-0.4, -0.2) is 52.5 Å². The number of hydrogen-bond donors (Lipinski definition) is 2. The summed E-state index contributed by atoms with van der Waals surface area (Å²) in [5.41, 5.74) is -0.542. The van der Waals surface area contributed by atoms with Crippen LogP contribution in [0.4, 0.5) is 0 Å². The molecule has 6 nitrogen and oxygen atoms in total. The molecule has 194 valence electrons. The third kappa shape index (κ3) is 3.54. The minimum atomic E-state index is -1.33. The van der Waals surface area contributed by atoms with Crippen molar-refractivity contribution in [2.75, 3.05) is 13.2 Å². The zero-order valence-corrected chi connectivity index (χ0v) is 22.4. The van der Waals surface area contributed by atoms with E-state index in [1.54, 1.807) is 26.8 Å². The van der Waals surface area contributed by atoms with Gasteiger partial charge in [0.2, 0.25) is 0 Å². The van der Waals surface area contributed by atoms with Crippen LogP contribution in [0.3, 0.4) is 0 Å². The van der Waals surface area contributed by atoms with Crippen molar-refractivity contribution >= 4 is 11.8 Å². The highest BCUT2D eigenvalue weighted by Crippen LogP contribution is 2.77. The molecule has 35 heavy (non-hydrogen) atoms. The largest absolute Gasteiger partial charge is 0.456 e. The van der Waals surface area contributed by atoms with E-state index in [0.717, 1.165) is 5.57 Å². The van der Waals surface area contributed by atoms with Crippen molar-refractivity contribution in [3.05, 3.63) is 34.9 Å². The first-order valence-corrected chi connectivity index (χ1v) is 13.0. The number of ether oxygens (including phenoxy) is 2. The summed E-state index contributed by atoms with van der Waals surface area (Å²) >= 11 is 0. The number of carbonyl (C=O) groups excluding carboxylic acids is 2. The van der Waals surface area contributed by atoms with Crippen molar-refractivity contribution in [3.63, 3.8) is 0 Å². The molecule has 4 aliphatic carbocycles. The fourth-order valence-electron chi connectivity index (χ4n) is 7.49. The number of allylic oxidation sites excluding steroid dienone is 2. The van der Waals surface area contributed by atoms with Gasteiger partial charge in [0, 0.05) is 47.2 Å². The summed E-state index contributed by atoms with van der Waals surface area (Å²) in [5.74, 6) is -1.92. The molecule has 0 amide bonds. The second kappa shape index (κ2) is 8.67. The van der Waals surface area contributed by atoms with E-state index in [9.17, 15) is 19.8 Å². The average Bonchev–Trinajstić information content (AvgIpc) is 3.22. The number of ketones is 1. The molecule has 2 N–H and O–H groups in total. The van der Waals surface area contributed by atoms with Crippen LogP contribution in [-0.2, 0) is 19.1 Å². The fourth-order valence-corrected chi connectivity index (χ4v) is 7.49. The number of Topliss-reactive ketones (excluding diaryl/α,β-unsaturated/α-hetero) is 1. The molecule has 0 aromatic rings. The lowest BCUT2D eigenvalue weighted by molar-refractivity contribution is -0.219. The van der Waals surface area contributed by atoms with Crippen LogP contribution in [0.15, 0.2) is 34.9 Å². The third-order valence-corrected chi connectivity index (χ3v) is 9.53. The van der Waals surface area contributed by atoms with Crippen molar-refractivity contribution < 1.29 is 29.3 Å². The van der Waals surface area contributed by atoms with Gasteiger partial charge in [-0.1, -0.05) is 52.8 Å². The van der Waals surface area contributed by atoms with Crippen LogP contribution < -0.4 is 0 Å². The molecule has 0 heterocycles. The maximum absolute atomic E-state index is 13.1. The number of carbonyl (C=O) groups is 2. The Morgan fingerprint density at radius 2 is 1.91 bits per heavy atom. The van der Waals surface area contributed by atoms with E-state index in [-0.39, 0.29) is 30.1 Å². The van der Waals surface area contributed by atoms with Crippen LogP contribution >= 0.6 is 0 Å². The second-order valence-electron chi connectivity index (χ2n) is 12.2. The van der Waals surface area contributed by atoms with Gasteiger partial charge in [-0.3, -0.25) is 4.79 Å². The zero-order chi connectivity index (χ0) is 26.1. The summed E-state index contributed by atoms with van der Waals surface area (Å²) in [5, 5.41) is 22.8. The Morgan fingerprint density at radius 3 is 2.49 bits per heavy atom. The molecule has 2 saturated carbocycles. The molecule has 0 aromatic heterocycles. The first-order valence-electron chi connectivity index (χ1n) is 13.0. The summed E-state index contributed by atoms with van der Waals surface area (Å²) in [6.07, 6.45) is 5.39. The van der Waals surface area contributed by atoms with Crippen molar-refractivity contribution in [2.24, 2.45) is 40.9 Å². The van der Waals surface area contributed by atoms with Crippen molar-refractivity contribution in [1.82, 2.24) is 0 Å². The topological polar surface area (TPSA) is 93.1 Å². The Balaban J connectivity index is 1.90. The van der Waals surface area contributed by atoms with E-state index in [0.29, 0.717) is 24.2 Å². The Labute approximate surface area is 209 Å². The maximum atomic E-state index is 13.1. The number of hydrogen-bond acceptors (Lipinski definition) is 6. The minimum absolute atomic E-state index is 0.0249. The van der Waals surface area contributed by atoms with E-state index in [2.05, 4.69) is 27.7 Å². The summed E-state index contributed by atoms with van der Waals surface area (Å²) in [6.45, 7) is 16.0. The summed E-state index contributed by atoms with van der Waals surface area (Å²) in [4.78, 5) is 26.2. The number of fused-ring (bicyclic) bond motifs is 5. The van der Waals surface area contributed by atoms with Gasteiger partial charge in [0.1, 0.15) is 11.7 Å². The van der Waals surface area contributed by atoms with Gasteiger partial charge < -0.3 is 19.7 Å². The van der Waals surface area contributed by atoms with Gasteiger partial charge in [0.05, 0.1) is 12.2 Å². The van der Waals surface area contributed by atoms with E-state index >= 15 is 0 Å². The number of rotatable bonds is 6. The Morgan fingerprint density at radius 1 is 1.26 bits per heavy atom. The van der Waals surface area contributed by atoms with Gasteiger partial charge in [-0.05, 0) is 44.3 Å². The molecule has 0 spiro atoms. The smallest absolute Gasteiger partial charge is 0.333 e. The lowest BCUT2D eigenvalue weighted by Gasteiger charge is -2.52. The fraction of sp³-hybridized carbons (Fsp3) is 0.724. The van der Waals surface area contributed by atoms with E-state index in [1.807, 2.05) is 19.1 Å². The summed E-state index contributed by atoms with van der Waals surface area (Å²) < 4.78 is 12.9. The molecule has 0 saturated heterocycles. The molecule has 0 radical (unpaired) electrons. The summed E-state index contributed by atoms with van der Waals surface area (Å²) in [6, 6.07) is 0. The molecule has 0 aliphatic heterocycles. The van der Waals surface area contributed by atoms with Gasteiger partial charge in [0.25, 0.3) is 0 Å². The van der Waals surface area contributed by atoms with Gasteiger partial charge in [-0.25, -0.2) is 4.79 Å².